The first-order valence-corrected chi connectivity index (χ1v) is 11.0. The lowest BCUT2D eigenvalue weighted by atomic mass is 9.96. The van der Waals surface area contributed by atoms with E-state index < -0.39 is 9.84 Å². The molecule has 7 heteroatoms. The number of nitrogens with one attached hydrogen (secondary N) is 2. The summed E-state index contributed by atoms with van der Waals surface area (Å²) in [6.07, 6.45) is 6.58. The maximum atomic E-state index is 12.1. The molecule has 1 aromatic heterocycles. The van der Waals surface area contributed by atoms with E-state index in [0.29, 0.717) is 11.6 Å². The molecule has 3 rings (SSSR count). The molecule has 1 saturated heterocycles. The van der Waals surface area contributed by atoms with Crippen LogP contribution in [0.25, 0.3) is 0 Å². The molecule has 1 aromatic carbocycles. The van der Waals surface area contributed by atoms with Gasteiger partial charge in [0.25, 0.3) is 0 Å². The number of anilines is 1. The van der Waals surface area contributed by atoms with Gasteiger partial charge in [-0.3, -0.25) is 0 Å². The van der Waals surface area contributed by atoms with E-state index in [0.717, 1.165) is 45.3 Å². The number of rotatable bonds is 7. The molecule has 0 amide bonds. The maximum Gasteiger partial charge on any atom is 0.222 e. The molecular weight excluding hydrogens is 348 g/mol. The second-order valence-electron chi connectivity index (χ2n) is 6.77. The van der Waals surface area contributed by atoms with E-state index in [2.05, 4.69) is 32.7 Å². The Balaban J connectivity index is 1.67. The number of aryl methyl sites for hydroxylation is 1. The predicted molar refractivity (Wildman–Crippen MR) is 103 cm³/mol. The number of hydrogen-bond acceptors (Lipinski definition) is 6. The third-order valence-corrected chi connectivity index (χ3v) is 5.75. The van der Waals surface area contributed by atoms with Crippen LogP contribution in [0.5, 0.6) is 0 Å². The third-order valence-electron chi connectivity index (χ3n) is 4.63. The Bertz CT molecular complexity index is 819. The van der Waals surface area contributed by atoms with Crippen molar-refractivity contribution in [1.29, 1.82) is 0 Å². The fraction of sp³-hybridized carbons (Fsp3) is 0.474. The van der Waals surface area contributed by atoms with Crippen LogP contribution < -0.4 is 10.6 Å². The van der Waals surface area contributed by atoms with Gasteiger partial charge in [-0.05, 0) is 37.8 Å². The highest BCUT2D eigenvalue weighted by molar-refractivity contribution is 7.90. The summed E-state index contributed by atoms with van der Waals surface area (Å²) in [5, 5.41) is 6.56. The lowest BCUT2D eigenvalue weighted by molar-refractivity contribution is 0.448. The number of nitrogens with zero attached hydrogens (tertiary/aromatic N) is 2. The van der Waals surface area contributed by atoms with Gasteiger partial charge in [-0.1, -0.05) is 30.3 Å². The van der Waals surface area contributed by atoms with E-state index in [-0.39, 0.29) is 10.8 Å². The van der Waals surface area contributed by atoms with Crippen LogP contribution in [0.3, 0.4) is 0 Å². The van der Waals surface area contributed by atoms with Crippen LogP contribution in [-0.4, -0.2) is 44.3 Å². The summed E-state index contributed by atoms with van der Waals surface area (Å²) in [5.41, 5.74) is 1.94. The molecule has 2 N–H and O–H groups in total. The van der Waals surface area contributed by atoms with E-state index in [1.807, 2.05) is 18.2 Å². The Morgan fingerprint density at radius 3 is 2.77 bits per heavy atom. The lowest BCUT2D eigenvalue weighted by Gasteiger charge is -2.24. The number of hydrogen-bond donors (Lipinski definition) is 2. The lowest BCUT2D eigenvalue weighted by Crippen LogP contribution is -2.30. The normalized spacial score (nSPS) is 17.8. The fourth-order valence-corrected chi connectivity index (χ4v) is 4.11. The van der Waals surface area contributed by atoms with Gasteiger partial charge in [-0.15, -0.1) is 0 Å². The molecule has 0 spiro atoms. The van der Waals surface area contributed by atoms with Gasteiger partial charge in [0.2, 0.25) is 5.95 Å². The molecule has 1 aliphatic rings. The minimum Gasteiger partial charge on any atom is -0.354 e. The van der Waals surface area contributed by atoms with Crippen LogP contribution in [0.4, 0.5) is 5.95 Å². The van der Waals surface area contributed by atoms with Crippen molar-refractivity contribution in [3.63, 3.8) is 0 Å². The first-order chi connectivity index (χ1) is 12.5. The molecule has 6 nitrogen and oxygen atoms in total. The van der Waals surface area contributed by atoms with Crippen molar-refractivity contribution in [1.82, 2.24) is 15.3 Å². The Morgan fingerprint density at radius 1 is 1.27 bits per heavy atom. The second kappa shape index (κ2) is 8.60. The molecule has 1 aliphatic heterocycles. The molecule has 2 heterocycles. The summed E-state index contributed by atoms with van der Waals surface area (Å²) in [6, 6.07) is 10.3. The van der Waals surface area contributed by atoms with Crippen molar-refractivity contribution in [3.05, 3.63) is 47.8 Å². The molecule has 0 aliphatic carbocycles. The number of benzene rings is 1. The molecular formula is C19H26N4O2S. The Kier molecular flexibility index (Phi) is 6.21. The largest absolute Gasteiger partial charge is 0.354 e. The van der Waals surface area contributed by atoms with Gasteiger partial charge in [0, 0.05) is 25.3 Å². The van der Waals surface area contributed by atoms with E-state index >= 15 is 0 Å². The van der Waals surface area contributed by atoms with E-state index in [4.69, 9.17) is 0 Å². The highest BCUT2D eigenvalue weighted by Gasteiger charge is 2.25. The SMILES string of the molecule is CS(=O)(=O)c1cnc(NCCCc2ccccc2)nc1[C@H]1CCCNC1. The summed E-state index contributed by atoms with van der Waals surface area (Å²) in [7, 11) is -3.34. The van der Waals surface area contributed by atoms with Crippen molar-refractivity contribution in [3.8, 4) is 0 Å². The standard InChI is InChI=1S/C19H26N4O2S/c1-26(24,25)17-14-22-19(23-18(17)16-10-6-11-20-13-16)21-12-5-9-15-7-3-2-4-8-15/h2-4,7-8,14,16,20H,5-6,9-13H2,1H3,(H,21,22,23)/t16-/m0/s1. The average molecular weight is 375 g/mol. The summed E-state index contributed by atoms with van der Waals surface area (Å²) in [4.78, 5) is 9.04. The fourth-order valence-electron chi connectivity index (χ4n) is 3.27. The molecule has 140 valence electrons. The molecule has 1 atom stereocenters. The van der Waals surface area contributed by atoms with Crippen LogP contribution >= 0.6 is 0 Å². The first kappa shape index (κ1) is 18.8. The zero-order chi connectivity index (χ0) is 18.4. The molecule has 0 radical (unpaired) electrons. The van der Waals surface area contributed by atoms with E-state index in [1.165, 1.54) is 18.0 Å². The van der Waals surface area contributed by atoms with Crippen molar-refractivity contribution in [2.24, 2.45) is 0 Å². The van der Waals surface area contributed by atoms with E-state index in [9.17, 15) is 8.42 Å². The molecule has 0 unspecified atom stereocenters. The van der Waals surface area contributed by atoms with Gasteiger partial charge in [0.05, 0.1) is 11.9 Å². The van der Waals surface area contributed by atoms with Crippen LogP contribution in [0.15, 0.2) is 41.4 Å². The van der Waals surface area contributed by atoms with Crippen LogP contribution in [-0.2, 0) is 16.3 Å². The quantitative estimate of drug-likeness (QED) is 0.724. The van der Waals surface area contributed by atoms with Crippen molar-refractivity contribution in [2.45, 2.75) is 36.5 Å². The van der Waals surface area contributed by atoms with Crippen LogP contribution in [0.1, 0.15) is 36.4 Å². The first-order valence-electron chi connectivity index (χ1n) is 9.09. The second-order valence-corrected chi connectivity index (χ2v) is 8.76. The minimum absolute atomic E-state index is 0.112. The summed E-state index contributed by atoms with van der Waals surface area (Å²) in [6.45, 7) is 2.48. The number of aromatic nitrogens is 2. The summed E-state index contributed by atoms with van der Waals surface area (Å²) in [5.74, 6) is 0.618. The Labute approximate surface area is 155 Å². The zero-order valence-corrected chi connectivity index (χ0v) is 15.9. The number of piperidine rings is 1. The number of sulfone groups is 1. The molecule has 1 fully saturated rings. The van der Waals surface area contributed by atoms with Gasteiger partial charge in [-0.25, -0.2) is 18.4 Å². The van der Waals surface area contributed by atoms with Gasteiger partial charge < -0.3 is 10.6 Å². The highest BCUT2D eigenvalue weighted by atomic mass is 32.2. The van der Waals surface area contributed by atoms with Gasteiger partial charge in [0.15, 0.2) is 9.84 Å². The van der Waals surface area contributed by atoms with Gasteiger partial charge >= 0.3 is 0 Å². The van der Waals surface area contributed by atoms with Crippen molar-refractivity contribution in [2.75, 3.05) is 31.2 Å². The zero-order valence-electron chi connectivity index (χ0n) is 15.1. The maximum absolute atomic E-state index is 12.1. The molecule has 0 saturated carbocycles. The van der Waals surface area contributed by atoms with E-state index in [1.54, 1.807) is 0 Å². The van der Waals surface area contributed by atoms with Crippen molar-refractivity contribution >= 4 is 15.8 Å². The summed E-state index contributed by atoms with van der Waals surface area (Å²) >= 11 is 0. The predicted octanol–water partition coefficient (Wildman–Crippen LogP) is 2.39. The topological polar surface area (TPSA) is 84.0 Å². The van der Waals surface area contributed by atoms with Crippen molar-refractivity contribution < 1.29 is 8.42 Å². The van der Waals surface area contributed by atoms with Crippen LogP contribution in [0.2, 0.25) is 0 Å². The van der Waals surface area contributed by atoms with Gasteiger partial charge in [0.1, 0.15) is 4.90 Å². The molecule has 26 heavy (non-hydrogen) atoms. The minimum atomic E-state index is -3.34. The Hall–Kier alpha value is -1.99. The smallest absolute Gasteiger partial charge is 0.222 e. The Morgan fingerprint density at radius 2 is 2.08 bits per heavy atom. The molecule has 2 aromatic rings. The monoisotopic (exact) mass is 374 g/mol. The highest BCUT2D eigenvalue weighted by Crippen LogP contribution is 2.27. The summed E-state index contributed by atoms with van der Waals surface area (Å²) < 4.78 is 24.2. The van der Waals surface area contributed by atoms with Crippen LogP contribution in [0, 0.1) is 0 Å². The third kappa shape index (κ3) is 5.02. The molecule has 0 bridgehead atoms. The van der Waals surface area contributed by atoms with Gasteiger partial charge in [-0.2, -0.15) is 0 Å². The average Bonchev–Trinajstić information content (AvgIpc) is 2.66.